The number of sulfonamides is 1. The molecule has 8 heteroatoms. The molecule has 2 aliphatic rings. The minimum Gasteiger partial charge on any atom is -0.379 e. The molecule has 1 amide bonds. The van der Waals surface area contributed by atoms with Crippen molar-refractivity contribution in [3.8, 4) is 0 Å². The van der Waals surface area contributed by atoms with Gasteiger partial charge in [0.1, 0.15) is 0 Å². The molecule has 0 atom stereocenters. The fraction of sp³-hybridized carbons (Fsp3) is 0.458. The van der Waals surface area contributed by atoms with Crippen LogP contribution in [0.15, 0.2) is 53.4 Å². The molecule has 0 radical (unpaired) electrons. The van der Waals surface area contributed by atoms with Crippen LogP contribution in [0, 0.1) is 0 Å². The Morgan fingerprint density at radius 1 is 0.906 bits per heavy atom. The van der Waals surface area contributed by atoms with Gasteiger partial charge in [-0.15, -0.1) is 0 Å². The largest absolute Gasteiger partial charge is 0.379 e. The SMILES string of the molecule is O=C(NCc1ccc(S(=O)(=O)N2CCCCC2)cc1)c1cccc(CN2CCOCC2)c1. The van der Waals surface area contributed by atoms with Gasteiger partial charge in [0.05, 0.1) is 18.1 Å². The Hall–Kier alpha value is -2.26. The lowest BCUT2D eigenvalue weighted by molar-refractivity contribution is 0.0342. The molecule has 0 aliphatic carbocycles. The van der Waals surface area contributed by atoms with Gasteiger partial charge in [0.2, 0.25) is 10.0 Å². The van der Waals surface area contributed by atoms with Crippen LogP contribution >= 0.6 is 0 Å². The van der Waals surface area contributed by atoms with Crippen molar-refractivity contribution in [3.05, 3.63) is 65.2 Å². The van der Waals surface area contributed by atoms with Gasteiger partial charge in [-0.1, -0.05) is 30.7 Å². The second-order valence-electron chi connectivity index (χ2n) is 8.38. The molecule has 2 aromatic carbocycles. The molecular weight excluding hydrogens is 426 g/mol. The van der Waals surface area contributed by atoms with Gasteiger partial charge in [-0.05, 0) is 48.2 Å². The predicted octanol–water partition coefficient (Wildman–Crippen LogP) is 2.62. The van der Waals surface area contributed by atoms with Gasteiger partial charge in [0, 0.05) is 44.8 Å². The third kappa shape index (κ3) is 5.75. The Morgan fingerprint density at radius 3 is 2.34 bits per heavy atom. The van der Waals surface area contributed by atoms with Gasteiger partial charge in [-0.25, -0.2) is 8.42 Å². The first kappa shape index (κ1) is 22.9. The quantitative estimate of drug-likeness (QED) is 0.692. The summed E-state index contributed by atoms with van der Waals surface area (Å²) in [6, 6.07) is 14.5. The smallest absolute Gasteiger partial charge is 0.251 e. The third-order valence-corrected chi connectivity index (χ3v) is 7.94. The summed E-state index contributed by atoms with van der Waals surface area (Å²) in [5.41, 5.74) is 2.59. The number of rotatable bonds is 7. The molecule has 2 heterocycles. The van der Waals surface area contributed by atoms with E-state index in [1.165, 1.54) is 0 Å². The van der Waals surface area contributed by atoms with E-state index in [1.54, 1.807) is 28.6 Å². The number of carbonyl (C=O) groups excluding carboxylic acids is 1. The molecule has 0 saturated carbocycles. The van der Waals surface area contributed by atoms with Crippen LogP contribution < -0.4 is 5.32 Å². The van der Waals surface area contributed by atoms with Gasteiger partial charge in [0.15, 0.2) is 0 Å². The predicted molar refractivity (Wildman–Crippen MR) is 123 cm³/mol. The Balaban J connectivity index is 1.33. The highest BCUT2D eigenvalue weighted by atomic mass is 32.2. The zero-order valence-corrected chi connectivity index (χ0v) is 19.1. The number of piperidine rings is 1. The fourth-order valence-corrected chi connectivity index (χ4v) is 5.66. The normalized spacial score (nSPS) is 18.4. The number of hydrogen-bond acceptors (Lipinski definition) is 5. The summed E-state index contributed by atoms with van der Waals surface area (Å²) in [6.07, 6.45) is 2.91. The zero-order valence-electron chi connectivity index (χ0n) is 18.3. The average molecular weight is 458 g/mol. The number of nitrogens with zero attached hydrogens (tertiary/aromatic N) is 2. The number of nitrogens with one attached hydrogen (secondary N) is 1. The van der Waals surface area contributed by atoms with Crippen LogP contribution in [-0.4, -0.2) is 62.9 Å². The van der Waals surface area contributed by atoms with Gasteiger partial charge >= 0.3 is 0 Å². The van der Waals surface area contributed by atoms with Crippen molar-refractivity contribution in [2.75, 3.05) is 39.4 Å². The van der Waals surface area contributed by atoms with E-state index >= 15 is 0 Å². The molecule has 4 rings (SSSR count). The van der Waals surface area contributed by atoms with E-state index in [-0.39, 0.29) is 5.91 Å². The summed E-state index contributed by atoms with van der Waals surface area (Å²) in [4.78, 5) is 15.3. The van der Waals surface area contributed by atoms with E-state index < -0.39 is 10.0 Å². The molecule has 0 aromatic heterocycles. The van der Waals surface area contributed by atoms with Crippen molar-refractivity contribution in [1.82, 2.24) is 14.5 Å². The lowest BCUT2D eigenvalue weighted by Gasteiger charge is -2.26. The minimum atomic E-state index is -3.44. The van der Waals surface area contributed by atoms with Gasteiger partial charge in [-0.3, -0.25) is 9.69 Å². The van der Waals surface area contributed by atoms with Crippen LogP contribution in [0.4, 0.5) is 0 Å². The minimum absolute atomic E-state index is 0.140. The first-order valence-electron chi connectivity index (χ1n) is 11.3. The molecule has 0 unspecified atom stereocenters. The molecule has 2 fully saturated rings. The van der Waals surface area contributed by atoms with Crippen LogP contribution in [0.3, 0.4) is 0 Å². The Morgan fingerprint density at radius 2 is 1.62 bits per heavy atom. The summed E-state index contributed by atoms with van der Waals surface area (Å²) in [6.45, 7) is 5.62. The fourth-order valence-electron chi connectivity index (χ4n) is 4.15. The lowest BCUT2D eigenvalue weighted by Crippen LogP contribution is -2.35. The van der Waals surface area contributed by atoms with Crippen molar-refractivity contribution < 1.29 is 17.9 Å². The molecule has 7 nitrogen and oxygen atoms in total. The molecule has 172 valence electrons. The molecular formula is C24H31N3O4S. The highest BCUT2D eigenvalue weighted by Gasteiger charge is 2.25. The molecule has 0 bridgehead atoms. The second-order valence-corrected chi connectivity index (χ2v) is 10.3. The van der Waals surface area contributed by atoms with Crippen molar-refractivity contribution in [2.24, 2.45) is 0 Å². The number of ether oxygens (including phenoxy) is 1. The van der Waals surface area contributed by atoms with Crippen LogP contribution in [0.25, 0.3) is 0 Å². The Bertz CT molecular complexity index is 1010. The van der Waals surface area contributed by atoms with Crippen LogP contribution in [0.1, 0.15) is 40.7 Å². The van der Waals surface area contributed by atoms with Crippen molar-refractivity contribution >= 4 is 15.9 Å². The van der Waals surface area contributed by atoms with E-state index in [4.69, 9.17) is 4.74 Å². The standard InChI is InChI=1S/C24H31N3O4S/c28-24(22-6-4-5-21(17-22)19-26-13-15-31-16-14-26)25-18-20-7-9-23(10-8-20)32(29,30)27-11-2-1-3-12-27/h4-10,17H,1-3,11-16,18-19H2,(H,25,28). The topological polar surface area (TPSA) is 79.0 Å². The van der Waals surface area contributed by atoms with E-state index in [9.17, 15) is 13.2 Å². The molecule has 0 spiro atoms. The number of carbonyl (C=O) groups is 1. The van der Waals surface area contributed by atoms with Crippen molar-refractivity contribution in [2.45, 2.75) is 37.2 Å². The maximum absolute atomic E-state index is 12.8. The highest BCUT2D eigenvalue weighted by Crippen LogP contribution is 2.21. The Labute approximate surface area is 190 Å². The maximum atomic E-state index is 12.8. The molecule has 32 heavy (non-hydrogen) atoms. The van der Waals surface area contributed by atoms with E-state index in [2.05, 4.69) is 10.2 Å². The van der Waals surface area contributed by atoms with Crippen LogP contribution in [-0.2, 0) is 27.8 Å². The number of amides is 1. The molecule has 2 aliphatic heterocycles. The number of morpholine rings is 1. The summed E-state index contributed by atoms with van der Waals surface area (Å²) in [5, 5.41) is 2.94. The Kier molecular flexibility index (Phi) is 7.57. The van der Waals surface area contributed by atoms with Crippen LogP contribution in [0.2, 0.25) is 0 Å². The van der Waals surface area contributed by atoms with Gasteiger partial charge in [-0.2, -0.15) is 4.31 Å². The maximum Gasteiger partial charge on any atom is 0.251 e. The van der Waals surface area contributed by atoms with E-state index in [0.29, 0.717) is 30.1 Å². The molecule has 2 aromatic rings. The molecule has 2 saturated heterocycles. The second kappa shape index (κ2) is 10.6. The summed E-state index contributed by atoms with van der Waals surface area (Å²) in [5.74, 6) is -0.140. The monoisotopic (exact) mass is 457 g/mol. The van der Waals surface area contributed by atoms with Crippen molar-refractivity contribution in [3.63, 3.8) is 0 Å². The first-order valence-corrected chi connectivity index (χ1v) is 12.7. The average Bonchev–Trinajstić information content (AvgIpc) is 2.84. The number of hydrogen-bond donors (Lipinski definition) is 1. The molecule has 1 N–H and O–H groups in total. The zero-order chi connectivity index (χ0) is 22.4. The van der Waals surface area contributed by atoms with E-state index in [1.807, 2.05) is 24.3 Å². The summed E-state index contributed by atoms with van der Waals surface area (Å²) in [7, 11) is -3.44. The van der Waals surface area contributed by atoms with Crippen LogP contribution in [0.5, 0.6) is 0 Å². The third-order valence-electron chi connectivity index (χ3n) is 6.03. The number of benzene rings is 2. The summed E-state index contributed by atoms with van der Waals surface area (Å²) >= 11 is 0. The van der Waals surface area contributed by atoms with E-state index in [0.717, 1.165) is 63.2 Å². The van der Waals surface area contributed by atoms with Crippen molar-refractivity contribution in [1.29, 1.82) is 0 Å². The summed E-state index contributed by atoms with van der Waals surface area (Å²) < 4.78 is 32.5. The first-order chi connectivity index (χ1) is 15.5. The lowest BCUT2D eigenvalue weighted by atomic mass is 10.1. The van der Waals surface area contributed by atoms with Gasteiger partial charge in [0.25, 0.3) is 5.91 Å². The van der Waals surface area contributed by atoms with Gasteiger partial charge < -0.3 is 10.1 Å². The highest BCUT2D eigenvalue weighted by molar-refractivity contribution is 7.89.